The monoisotopic (exact) mass is 255 g/mol. The third kappa shape index (κ3) is 4.99. The molecule has 2 N–H and O–H groups in total. The topological polar surface area (TPSA) is 61.5 Å². The number of hydrogen-bond acceptors (Lipinski definition) is 5. The molecule has 0 fully saturated rings. The minimum atomic E-state index is -0.202. The van der Waals surface area contributed by atoms with Crippen molar-refractivity contribution in [3.8, 4) is 5.75 Å². The van der Waals surface area contributed by atoms with Crippen LogP contribution in [0.2, 0.25) is 0 Å². The number of nitrogen functional groups attached to an aromatic ring is 1. The van der Waals surface area contributed by atoms with Gasteiger partial charge < -0.3 is 15.2 Å². The normalized spacial score (nSPS) is 10.0. The number of carbonyl (C=O) groups is 1. The number of esters is 1. The number of rotatable bonds is 6. The molecule has 0 saturated heterocycles. The summed E-state index contributed by atoms with van der Waals surface area (Å²) in [4.78, 5) is 12.0. The molecule has 4 nitrogen and oxygen atoms in total. The fraction of sp³-hybridized carbons (Fsp3) is 0.417. The van der Waals surface area contributed by atoms with Crippen molar-refractivity contribution < 1.29 is 14.3 Å². The maximum atomic E-state index is 11.0. The van der Waals surface area contributed by atoms with Crippen molar-refractivity contribution in [3.05, 3.63) is 18.2 Å². The maximum Gasteiger partial charge on any atom is 0.306 e. The van der Waals surface area contributed by atoms with Crippen molar-refractivity contribution in [1.29, 1.82) is 0 Å². The predicted octanol–water partition coefficient (Wildman–Crippen LogP) is 2.32. The number of carbonyl (C=O) groups excluding carboxylic acids is 1. The van der Waals surface area contributed by atoms with Crippen molar-refractivity contribution in [1.82, 2.24) is 0 Å². The van der Waals surface area contributed by atoms with Crippen molar-refractivity contribution in [3.63, 3.8) is 0 Å². The molecular formula is C12H17NO3S. The van der Waals surface area contributed by atoms with Crippen LogP contribution in [0.25, 0.3) is 0 Å². The van der Waals surface area contributed by atoms with Gasteiger partial charge in [-0.3, -0.25) is 4.79 Å². The van der Waals surface area contributed by atoms with Crippen molar-refractivity contribution in [2.75, 3.05) is 25.2 Å². The van der Waals surface area contributed by atoms with E-state index in [0.29, 0.717) is 24.5 Å². The Balaban J connectivity index is 2.55. The lowest BCUT2D eigenvalue weighted by molar-refractivity contribution is -0.140. The van der Waals surface area contributed by atoms with E-state index < -0.39 is 0 Å². The second kappa shape index (κ2) is 7.06. The molecule has 0 atom stereocenters. The molecule has 0 aliphatic rings. The second-order valence-electron chi connectivity index (χ2n) is 3.35. The predicted molar refractivity (Wildman–Crippen MR) is 69.4 cm³/mol. The van der Waals surface area contributed by atoms with Gasteiger partial charge in [-0.25, -0.2) is 0 Å². The Morgan fingerprint density at radius 3 is 2.82 bits per heavy atom. The highest BCUT2D eigenvalue weighted by atomic mass is 32.2. The number of ether oxygens (including phenoxy) is 2. The zero-order chi connectivity index (χ0) is 12.7. The highest BCUT2D eigenvalue weighted by molar-refractivity contribution is 7.99. The van der Waals surface area contributed by atoms with Crippen LogP contribution in [0.3, 0.4) is 0 Å². The van der Waals surface area contributed by atoms with E-state index in [0.717, 1.165) is 10.6 Å². The van der Waals surface area contributed by atoms with Crippen LogP contribution in [0.4, 0.5) is 5.69 Å². The standard InChI is InChI=1S/C12H17NO3S/c1-3-16-10-6-9(13)7-11(8-10)17-5-4-12(14)15-2/h6-8H,3-5,13H2,1-2H3. The van der Waals surface area contributed by atoms with Crippen LogP contribution in [0.15, 0.2) is 23.1 Å². The Bertz CT molecular complexity index is 382. The SMILES string of the molecule is CCOc1cc(N)cc(SCCC(=O)OC)c1. The lowest BCUT2D eigenvalue weighted by Gasteiger charge is -2.07. The van der Waals surface area contributed by atoms with E-state index in [4.69, 9.17) is 10.5 Å². The lowest BCUT2D eigenvalue weighted by Crippen LogP contribution is -2.01. The molecule has 1 rings (SSSR count). The first kappa shape index (κ1) is 13.7. The fourth-order valence-corrected chi connectivity index (χ4v) is 2.20. The Kier molecular flexibility index (Phi) is 5.69. The van der Waals surface area contributed by atoms with Crippen LogP contribution in [0, 0.1) is 0 Å². The number of nitrogens with two attached hydrogens (primary N) is 1. The summed E-state index contributed by atoms with van der Waals surface area (Å²) in [5.41, 5.74) is 6.43. The van der Waals surface area contributed by atoms with Gasteiger partial charge in [-0.1, -0.05) is 0 Å². The second-order valence-corrected chi connectivity index (χ2v) is 4.51. The summed E-state index contributed by atoms with van der Waals surface area (Å²) >= 11 is 1.56. The van der Waals surface area contributed by atoms with E-state index in [1.54, 1.807) is 17.8 Å². The highest BCUT2D eigenvalue weighted by Gasteiger charge is 2.03. The average Bonchev–Trinajstić information content (AvgIpc) is 2.28. The number of methoxy groups -OCH3 is 1. The first-order valence-corrected chi connectivity index (χ1v) is 6.37. The first-order valence-electron chi connectivity index (χ1n) is 5.38. The van der Waals surface area contributed by atoms with Gasteiger partial charge in [0.15, 0.2) is 0 Å². The molecule has 0 bridgehead atoms. The molecule has 0 amide bonds. The maximum absolute atomic E-state index is 11.0. The third-order valence-corrected chi connectivity index (χ3v) is 2.99. The molecule has 94 valence electrons. The zero-order valence-corrected chi connectivity index (χ0v) is 10.9. The Labute approximate surface area is 105 Å². The molecule has 0 aliphatic heterocycles. The third-order valence-electron chi connectivity index (χ3n) is 2.02. The zero-order valence-electron chi connectivity index (χ0n) is 10.1. The molecule has 5 heteroatoms. The molecule has 17 heavy (non-hydrogen) atoms. The van der Waals surface area contributed by atoms with Crippen LogP contribution in [-0.2, 0) is 9.53 Å². The molecule has 0 aromatic heterocycles. The number of hydrogen-bond donors (Lipinski definition) is 1. The Hall–Kier alpha value is -1.36. The van der Waals surface area contributed by atoms with Crippen LogP contribution >= 0.6 is 11.8 Å². The van der Waals surface area contributed by atoms with E-state index >= 15 is 0 Å². The van der Waals surface area contributed by atoms with E-state index in [9.17, 15) is 4.79 Å². The Morgan fingerprint density at radius 1 is 1.41 bits per heavy atom. The van der Waals surface area contributed by atoms with Gasteiger partial charge in [-0.2, -0.15) is 0 Å². The number of anilines is 1. The van der Waals surface area contributed by atoms with Gasteiger partial charge in [-0.05, 0) is 19.1 Å². The summed E-state index contributed by atoms with van der Waals surface area (Å²) in [5, 5.41) is 0. The fourth-order valence-electron chi connectivity index (χ4n) is 1.28. The van der Waals surface area contributed by atoms with E-state index in [2.05, 4.69) is 4.74 Å². The molecule has 0 unspecified atom stereocenters. The molecule has 0 radical (unpaired) electrons. The van der Waals surface area contributed by atoms with Crippen molar-refractivity contribution in [2.45, 2.75) is 18.2 Å². The number of benzene rings is 1. The van der Waals surface area contributed by atoms with Gasteiger partial charge >= 0.3 is 5.97 Å². The summed E-state index contributed by atoms with van der Waals surface area (Å²) < 4.78 is 9.96. The molecule has 0 aliphatic carbocycles. The van der Waals surface area contributed by atoms with Crippen LogP contribution in [0.1, 0.15) is 13.3 Å². The molecule has 1 aromatic carbocycles. The quantitative estimate of drug-likeness (QED) is 0.480. The van der Waals surface area contributed by atoms with Crippen LogP contribution < -0.4 is 10.5 Å². The van der Waals surface area contributed by atoms with E-state index in [-0.39, 0.29) is 5.97 Å². The minimum Gasteiger partial charge on any atom is -0.494 e. The lowest BCUT2D eigenvalue weighted by atomic mass is 10.3. The average molecular weight is 255 g/mol. The smallest absolute Gasteiger partial charge is 0.306 e. The summed E-state index contributed by atoms with van der Waals surface area (Å²) in [6.45, 7) is 2.53. The highest BCUT2D eigenvalue weighted by Crippen LogP contribution is 2.27. The van der Waals surface area contributed by atoms with Gasteiger partial charge in [0, 0.05) is 22.4 Å². The molecular weight excluding hydrogens is 238 g/mol. The van der Waals surface area contributed by atoms with E-state index in [1.165, 1.54) is 7.11 Å². The van der Waals surface area contributed by atoms with Crippen LogP contribution in [-0.4, -0.2) is 25.4 Å². The van der Waals surface area contributed by atoms with Gasteiger partial charge in [0.2, 0.25) is 0 Å². The summed E-state index contributed by atoms with van der Waals surface area (Å²) in [7, 11) is 1.39. The molecule has 0 saturated carbocycles. The van der Waals surface area contributed by atoms with Gasteiger partial charge in [0.05, 0.1) is 20.1 Å². The van der Waals surface area contributed by atoms with Gasteiger partial charge in [0.25, 0.3) is 0 Å². The minimum absolute atomic E-state index is 0.202. The largest absolute Gasteiger partial charge is 0.494 e. The molecule has 0 spiro atoms. The molecule has 1 aromatic rings. The van der Waals surface area contributed by atoms with Crippen LogP contribution in [0.5, 0.6) is 5.75 Å². The van der Waals surface area contributed by atoms with Crippen molar-refractivity contribution >= 4 is 23.4 Å². The summed E-state index contributed by atoms with van der Waals surface area (Å²) in [5.74, 6) is 1.22. The number of thioether (sulfide) groups is 1. The Morgan fingerprint density at radius 2 is 2.18 bits per heavy atom. The first-order chi connectivity index (χ1) is 8.15. The summed E-state index contributed by atoms with van der Waals surface area (Å²) in [6, 6.07) is 5.57. The molecule has 0 heterocycles. The van der Waals surface area contributed by atoms with Crippen molar-refractivity contribution in [2.24, 2.45) is 0 Å². The summed E-state index contributed by atoms with van der Waals surface area (Å²) in [6.07, 6.45) is 0.389. The van der Waals surface area contributed by atoms with Gasteiger partial charge in [0.1, 0.15) is 5.75 Å². The van der Waals surface area contributed by atoms with E-state index in [1.807, 2.05) is 19.1 Å². The van der Waals surface area contributed by atoms with Gasteiger partial charge in [-0.15, -0.1) is 11.8 Å².